The van der Waals surface area contributed by atoms with Gasteiger partial charge in [-0.3, -0.25) is 10.1 Å². The van der Waals surface area contributed by atoms with Crippen molar-refractivity contribution in [2.45, 2.75) is 6.10 Å². The van der Waals surface area contributed by atoms with Crippen LogP contribution < -0.4 is 5.32 Å². The minimum atomic E-state index is -1.16. The molecule has 0 amide bonds. The zero-order valence-electron chi connectivity index (χ0n) is 11.2. The van der Waals surface area contributed by atoms with E-state index in [-0.39, 0.29) is 29.6 Å². The van der Waals surface area contributed by atoms with Gasteiger partial charge in [0.25, 0.3) is 5.69 Å². The van der Waals surface area contributed by atoms with Crippen molar-refractivity contribution in [2.24, 2.45) is 0 Å². The molecule has 8 heteroatoms. The van der Waals surface area contributed by atoms with Crippen molar-refractivity contribution in [1.29, 1.82) is 0 Å². The fourth-order valence-corrected chi connectivity index (χ4v) is 1.60. The average molecular weight is 284 g/mol. The second-order valence-corrected chi connectivity index (χ2v) is 3.99. The second kappa shape index (κ2) is 7.41. The molecule has 0 fully saturated rings. The van der Waals surface area contributed by atoms with E-state index in [4.69, 9.17) is 14.6 Å². The van der Waals surface area contributed by atoms with Gasteiger partial charge in [0.2, 0.25) is 0 Å². The molecule has 0 aliphatic rings. The Kier molecular flexibility index (Phi) is 5.88. The molecule has 0 bridgehead atoms. The van der Waals surface area contributed by atoms with E-state index < -0.39 is 10.9 Å². The van der Waals surface area contributed by atoms with Crippen LogP contribution in [0.2, 0.25) is 0 Å². The summed E-state index contributed by atoms with van der Waals surface area (Å²) in [6, 6.07) is 3.53. The first kappa shape index (κ1) is 15.9. The highest BCUT2D eigenvalue weighted by Gasteiger charge is 2.16. The highest BCUT2D eigenvalue weighted by molar-refractivity contribution is 5.94. The standard InChI is InChI=1S/C12H16N2O6/c1-19-7-9(20-2)6-13-11-5-8(14(17)18)3-4-10(11)12(15)16/h3-5,9,13H,6-7H2,1-2H3,(H,15,16). The number of carboxylic acids is 1. The van der Waals surface area contributed by atoms with E-state index in [1.165, 1.54) is 26.4 Å². The van der Waals surface area contributed by atoms with Crippen molar-refractivity contribution in [1.82, 2.24) is 0 Å². The molecular formula is C12H16N2O6. The zero-order chi connectivity index (χ0) is 15.1. The van der Waals surface area contributed by atoms with Crippen molar-refractivity contribution in [3.63, 3.8) is 0 Å². The van der Waals surface area contributed by atoms with Crippen molar-refractivity contribution >= 4 is 17.3 Å². The zero-order valence-corrected chi connectivity index (χ0v) is 11.2. The third-order valence-corrected chi connectivity index (χ3v) is 2.65. The summed E-state index contributed by atoms with van der Waals surface area (Å²) in [5, 5.41) is 22.6. The normalized spacial score (nSPS) is 11.9. The Morgan fingerprint density at radius 1 is 1.50 bits per heavy atom. The first-order valence-electron chi connectivity index (χ1n) is 5.77. The molecular weight excluding hydrogens is 268 g/mol. The monoisotopic (exact) mass is 284 g/mol. The number of nitro benzene ring substituents is 1. The molecule has 0 saturated heterocycles. The van der Waals surface area contributed by atoms with Crippen LogP contribution in [0.1, 0.15) is 10.4 Å². The third kappa shape index (κ3) is 4.18. The lowest BCUT2D eigenvalue weighted by Gasteiger charge is -2.16. The molecule has 1 atom stereocenters. The molecule has 0 aliphatic heterocycles. The number of carbonyl (C=O) groups is 1. The number of anilines is 1. The van der Waals surface area contributed by atoms with Gasteiger partial charge >= 0.3 is 5.97 Å². The lowest BCUT2D eigenvalue weighted by Crippen LogP contribution is -2.27. The summed E-state index contributed by atoms with van der Waals surface area (Å²) < 4.78 is 10.1. The van der Waals surface area contributed by atoms with Gasteiger partial charge in [0.1, 0.15) is 0 Å². The number of hydrogen-bond donors (Lipinski definition) is 2. The maximum absolute atomic E-state index is 11.1. The summed E-state index contributed by atoms with van der Waals surface area (Å²) in [6.45, 7) is 0.590. The van der Waals surface area contributed by atoms with Crippen LogP contribution >= 0.6 is 0 Å². The first-order valence-corrected chi connectivity index (χ1v) is 5.77. The summed E-state index contributed by atoms with van der Waals surface area (Å²) in [5.74, 6) is -1.16. The minimum absolute atomic E-state index is 0.0390. The maximum atomic E-state index is 11.1. The molecule has 1 aromatic rings. The Morgan fingerprint density at radius 2 is 2.20 bits per heavy atom. The fourth-order valence-electron chi connectivity index (χ4n) is 1.60. The summed E-state index contributed by atoms with van der Waals surface area (Å²) in [6.07, 6.45) is -0.291. The number of aromatic carboxylic acids is 1. The molecule has 0 aliphatic carbocycles. The lowest BCUT2D eigenvalue weighted by atomic mass is 10.1. The van der Waals surface area contributed by atoms with Gasteiger partial charge in [-0.15, -0.1) is 0 Å². The van der Waals surface area contributed by atoms with Gasteiger partial charge in [-0.2, -0.15) is 0 Å². The van der Waals surface area contributed by atoms with Crippen LogP contribution in [0.5, 0.6) is 0 Å². The Bertz CT molecular complexity index is 491. The highest BCUT2D eigenvalue weighted by atomic mass is 16.6. The predicted octanol–water partition coefficient (Wildman–Crippen LogP) is 1.37. The van der Waals surface area contributed by atoms with Gasteiger partial charge in [-0.1, -0.05) is 0 Å². The van der Waals surface area contributed by atoms with E-state index in [0.717, 1.165) is 6.07 Å². The maximum Gasteiger partial charge on any atom is 0.337 e. The first-order chi connectivity index (χ1) is 9.49. The molecule has 20 heavy (non-hydrogen) atoms. The molecule has 1 unspecified atom stereocenters. The number of carboxylic acid groups (broad SMARTS) is 1. The molecule has 0 radical (unpaired) electrons. The highest BCUT2D eigenvalue weighted by Crippen LogP contribution is 2.22. The predicted molar refractivity (Wildman–Crippen MR) is 71.2 cm³/mol. The van der Waals surface area contributed by atoms with E-state index in [0.29, 0.717) is 6.61 Å². The van der Waals surface area contributed by atoms with Gasteiger partial charge in [-0.25, -0.2) is 4.79 Å². The summed E-state index contributed by atoms with van der Waals surface area (Å²) >= 11 is 0. The smallest absolute Gasteiger partial charge is 0.337 e. The Hall–Kier alpha value is -2.19. The molecule has 8 nitrogen and oxygen atoms in total. The van der Waals surface area contributed by atoms with E-state index in [1.54, 1.807) is 0 Å². The van der Waals surface area contributed by atoms with Crippen molar-refractivity contribution in [3.05, 3.63) is 33.9 Å². The molecule has 0 spiro atoms. The van der Waals surface area contributed by atoms with Crippen molar-refractivity contribution < 1.29 is 24.3 Å². The number of methoxy groups -OCH3 is 2. The van der Waals surface area contributed by atoms with Crippen molar-refractivity contribution in [3.8, 4) is 0 Å². The molecule has 1 aromatic carbocycles. The number of ether oxygens (including phenoxy) is 2. The van der Waals surface area contributed by atoms with E-state index >= 15 is 0 Å². The van der Waals surface area contributed by atoms with Gasteiger partial charge in [0, 0.05) is 32.9 Å². The Morgan fingerprint density at radius 3 is 2.70 bits per heavy atom. The number of nitro groups is 1. The summed E-state index contributed by atoms with van der Waals surface area (Å²) in [4.78, 5) is 21.2. The van der Waals surface area contributed by atoms with Crippen LogP contribution in [-0.4, -0.2) is 49.5 Å². The molecule has 2 N–H and O–H groups in total. The number of non-ortho nitro benzene ring substituents is 1. The van der Waals surface area contributed by atoms with Crippen molar-refractivity contribution in [2.75, 3.05) is 32.7 Å². The lowest BCUT2D eigenvalue weighted by molar-refractivity contribution is -0.384. The fraction of sp³-hybridized carbons (Fsp3) is 0.417. The molecule has 0 aromatic heterocycles. The van der Waals surface area contributed by atoms with Crippen LogP contribution in [0.3, 0.4) is 0 Å². The molecule has 0 saturated carbocycles. The number of benzene rings is 1. The minimum Gasteiger partial charge on any atom is -0.478 e. The number of nitrogens with one attached hydrogen (secondary N) is 1. The average Bonchev–Trinajstić information content (AvgIpc) is 2.42. The molecule has 0 heterocycles. The quantitative estimate of drug-likeness (QED) is 0.547. The molecule has 110 valence electrons. The van der Waals surface area contributed by atoms with Crippen LogP contribution in [0.4, 0.5) is 11.4 Å². The van der Waals surface area contributed by atoms with Crippen LogP contribution in [-0.2, 0) is 9.47 Å². The molecule has 1 rings (SSSR count). The Labute approximate surface area is 115 Å². The largest absolute Gasteiger partial charge is 0.478 e. The number of hydrogen-bond acceptors (Lipinski definition) is 6. The van der Waals surface area contributed by atoms with Crippen LogP contribution in [0.15, 0.2) is 18.2 Å². The van der Waals surface area contributed by atoms with E-state index in [1.807, 2.05) is 0 Å². The topological polar surface area (TPSA) is 111 Å². The second-order valence-electron chi connectivity index (χ2n) is 3.99. The third-order valence-electron chi connectivity index (χ3n) is 2.65. The SMILES string of the molecule is COCC(CNc1cc([N+](=O)[O-])ccc1C(=O)O)OC. The number of rotatable bonds is 8. The van der Waals surface area contributed by atoms with Gasteiger partial charge < -0.3 is 19.9 Å². The number of nitrogens with zero attached hydrogens (tertiary/aromatic N) is 1. The van der Waals surface area contributed by atoms with Gasteiger partial charge in [-0.05, 0) is 6.07 Å². The Balaban J connectivity index is 2.92. The van der Waals surface area contributed by atoms with Crippen LogP contribution in [0.25, 0.3) is 0 Å². The summed E-state index contributed by atoms with van der Waals surface area (Å²) in [5.41, 5.74) is -0.0501. The van der Waals surface area contributed by atoms with Gasteiger partial charge in [0.15, 0.2) is 0 Å². The van der Waals surface area contributed by atoms with Crippen LogP contribution in [0, 0.1) is 10.1 Å². The summed E-state index contributed by atoms with van der Waals surface area (Å²) in [7, 11) is 3.01. The van der Waals surface area contributed by atoms with E-state index in [9.17, 15) is 14.9 Å². The van der Waals surface area contributed by atoms with E-state index in [2.05, 4.69) is 5.32 Å². The van der Waals surface area contributed by atoms with Gasteiger partial charge in [0.05, 0.1) is 28.9 Å².